The van der Waals surface area contributed by atoms with E-state index in [0.717, 1.165) is 19.6 Å². The normalized spacial score (nSPS) is 10.7. The Hall–Kier alpha value is -2.93. The summed E-state index contributed by atoms with van der Waals surface area (Å²) in [4.78, 5) is 24.6. The number of ether oxygens (including phenoxy) is 1. The van der Waals surface area contributed by atoms with E-state index in [4.69, 9.17) is 4.74 Å². The molecule has 0 saturated carbocycles. The summed E-state index contributed by atoms with van der Waals surface area (Å²) in [5, 5.41) is 14.0. The Balaban J connectivity index is 2.10. The van der Waals surface area contributed by atoms with Crippen LogP contribution in [0.1, 0.15) is 36.7 Å². The molecule has 0 aliphatic heterocycles. The van der Waals surface area contributed by atoms with Crippen molar-refractivity contribution in [3.05, 3.63) is 63.7 Å². The van der Waals surface area contributed by atoms with Gasteiger partial charge in [-0.25, -0.2) is 0 Å². The minimum Gasteiger partial charge on any atom is -0.487 e. The minimum atomic E-state index is -0.549. The van der Waals surface area contributed by atoms with Gasteiger partial charge in [-0.15, -0.1) is 0 Å². The number of anilines is 1. The maximum absolute atomic E-state index is 12.4. The first-order valence-electron chi connectivity index (χ1n) is 9.13. The molecule has 0 atom stereocenters. The van der Waals surface area contributed by atoms with Crippen LogP contribution in [0.5, 0.6) is 5.75 Å². The quantitative estimate of drug-likeness (QED) is 0.523. The lowest BCUT2D eigenvalue weighted by atomic mass is 10.1. The second-order valence-electron chi connectivity index (χ2n) is 6.16. The van der Waals surface area contributed by atoms with E-state index in [1.807, 2.05) is 24.3 Å². The Morgan fingerprint density at radius 2 is 1.78 bits per heavy atom. The van der Waals surface area contributed by atoms with E-state index in [-0.39, 0.29) is 17.0 Å². The second-order valence-corrected chi connectivity index (χ2v) is 6.16. The number of amides is 1. The Bertz CT molecular complexity index is 786. The molecule has 27 heavy (non-hydrogen) atoms. The lowest BCUT2D eigenvalue weighted by Gasteiger charge is -2.15. The summed E-state index contributed by atoms with van der Waals surface area (Å²) in [6.07, 6.45) is 0. The van der Waals surface area contributed by atoms with Crippen LogP contribution in [-0.2, 0) is 6.54 Å². The van der Waals surface area contributed by atoms with E-state index in [1.165, 1.54) is 28.7 Å². The fraction of sp³-hybridized carbons (Fsp3) is 0.350. The third kappa shape index (κ3) is 5.52. The molecule has 0 heterocycles. The van der Waals surface area contributed by atoms with Gasteiger partial charge in [0.05, 0.1) is 24.6 Å². The van der Waals surface area contributed by atoms with Crippen LogP contribution in [0.15, 0.2) is 42.5 Å². The lowest BCUT2D eigenvalue weighted by molar-refractivity contribution is -0.910. The van der Waals surface area contributed by atoms with Crippen LogP contribution in [0.4, 0.5) is 11.4 Å². The molecule has 7 nitrogen and oxygen atoms in total. The first kappa shape index (κ1) is 20.4. The van der Waals surface area contributed by atoms with Crippen molar-refractivity contribution in [2.75, 3.05) is 25.0 Å². The largest absolute Gasteiger partial charge is 0.487 e. The number of hydrogen-bond donors (Lipinski definition) is 2. The monoisotopic (exact) mass is 372 g/mol. The maximum atomic E-state index is 12.4. The lowest BCUT2D eigenvalue weighted by Crippen LogP contribution is -3.10. The fourth-order valence-electron chi connectivity index (χ4n) is 2.78. The van der Waals surface area contributed by atoms with Crippen molar-refractivity contribution >= 4 is 17.3 Å². The summed E-state index contributed by atoms with van der Waals surface area (Å²) in [5.74, 6) is -0.245. The minimum absolute atomic E-state index is 0.155. The van der Waals surface area contributed by atoms with Crippen molar-refractivity contribution in [3.8, 4) is 5.75 Å². The molecule has 0 aliphatic carbocycles. The zero-order valence-electron chi connectivity index (χ0n) is 16.0. The van der Waals surface area contributed by atoms with Crippen LogP contribution >= 0.6 is 0 Å². The predicted octanol–water partition coefficient (Wildman–Crippen LogP) is 2.67. The molecule has 0 aliphatic rings. The van der Waals surface area contributed by atoms with E-state index in [1.54, 1.807) is 6.92 Å². The van der Waals surface area contributed by atoms with Gasteiger partial charge in [0.1, 0.15) is 6.54 Å². The van der Waals surface area contributed by atoms with Gasteiger partial charge < -0.3 is 15.0 Å². The molecule has 0 radical (unpaired) electrons. The molecule has 144 valence electrons. The molecular weight excluding hydrogens is 346 g/mol. The number of quaternary nitrogens is 1. The van der Waals surface area contributed by atoms with Gasteiger partial charge in [-0.2, -0.15) is 0 Å². The Morgan fingerprint density at radius 3 is 2.33 bits per heavy atom. The van der Waals surface area contributed by atoms with Crippen molar-refractivity contribution in [2.45, 2.75) is 27.3 Å². The number of nitrogens with zero attached hydrogens (tertiary/aromatic N) is 1. The molecule has 0 saturated heterocycles. The molecule has 2 N–H and O–H groups in total. The number of carbonyl (C=O) groups excluding carboxylic acids is 1. The molecule has 0 unspecified atom stereocenters. The van der Waals surface area contributed by atoms with Crippen molar-refractivity contribution in [1.82, 2.24) is 0 Å². The summed E-state index contributed by atoms with van der Waals surface area (Å²) in [6, 6.07) is 11.9. The third-order valence-electron chi connectivity index (χ3n) is 4.38. The number of benzene rings is 2. The van der Waals surface area contributed by atoms with Gasteiger partial charge in [-0.05, 0) is 45.0 Å². The maximum Gasteiger partial charge on any atom is 0.311 e. The summed E-state index contributed by atoms with van der Waals surface area (Å²) < 4.78 is 5.24. The van der Waals surface area contributed by atoms with Crippen LogP contribution in [0.3, 0.4) is 0 Å². The molecule has 2 aromatic rings. The van der Waals surface area contributed by atoms with Gasteiger partial charge in [0.15, 0.2) is 5.75 Å². The number of nitro groups is 1. The smallest absolute Gasteiger partial charge is 0.311 e. The molecule has 0 aromatic heterocycles. The second kappa shape index (κ2) is 9.68. The summed E-state index contributed by atoms with van der Waals surface area (Å²) in [6.45, 7) is 9.43. The van der Waals surface area contributed by atoms with Crippen molar-refractivity contribution in [3.63, 3.8) is 0 Å². The highest BCUT2D eigenvalue weighted by molar-refractivity contribution is 6.04. The molecular formula is C20H26N3O4+. The van der Waals surface area contributed by atoms with E-state index in [2.05, 4.69) is 19.2 Å². The fourth-order valence-corrected chi connectivity index (χ4v) is 2.78. The van der Waals surface area contributed by atoms with Crippen LogP contribution in [0.2, 0.25) is 0 Å². The molecule has 2 rings (SSSR count). The van der Waals surface area contributed by atoms with E-state index >= 15 is 0 Å². The molecule has 0 fully saturated rings. The first-order valence-corrected chi connectivity index (χ1v) is 9.13. The average Bonchev–Trinajstić information content (AvgIpc) is 2.67. The van der Waals surface area contributed by atoms with E-state index < -0.39 is 10.8 Å². The number of hydrogen-bond acceptors (Lipinski definition) is 4. The van der Waals surface area contributed by atoms with Gasteiger partial charge >= 0.3 is 5.69 Å². The summed E-state index contributed by atoms with van der Waals surface area (Å²) in [7, 11) is 0. The zero-order chi connectivity index (χ0) is 19.8. The van der Waals surface area contributed by atoms with Crippen LogP contribution < -0.4 is 15.0 Å². The van der Waals surface area contributed by atoms with Crippen LogP contribution in [0, 0.1) is 10.1 Å². The highest BCUT2D eigenvalue weighted by atomic mass is 16.6. The molecule has 7 heteroatoms. The predicted molar refractivity (Wildman–Crippen MR) is 104 cm³/mol. The Labute approximate surface area is 159 Å². The Morgan fingerprint density at radius 1 is 1.11 bits per heavy atom. The first-order chi connectivity index (χ1) is 13.0. The molecule has 0 spiro atoms. The Kier molecular flexibility index (Phi) is 7.31. The average molecular weight is 372 g/mol. The summed E-state index contributed by atoms with van der Waals surface area (Å²) >= 11 is 0. The SMILES string of the molecule is CCOc1ccc(C(=O)Nc2ccc(C[NH+](CC)CC)cc2)cc1[N+](=O)[O-]. The third-order valence-corrected chi connectivity index (χ3v) is 4.38. The number of nitro benzene ring substituents is 1. The number of carbonyl (C=O) groups is 1. The zero-order valence-corrected chi connectivity index (χ0v) is 16.0. The molecule has 2 aromatic carbocycles. The van der Waals surface area contributed by atoms with Gasteiger partial charge in [0, 0.05) is 22.9 Å². The van der Waals surface area contributed by atoms with Crippen molar-refractivity contribution in [1.29, 1.82) is 0 Å². The topological polar surface area (TPSA) is 85.9 Å². The summed E-state index contributed by atoms with van der Waals surface area (Å²) in [5.41, 5.74) is 1.84. The van der Waals surface area contributed by atoms with Gasteiger partial charge in [0.25, 0.3) is 5.91 Å². The van der Waals surface area contributed by atoms with Gasteiger partial charge in [-0.1, -0.05) is 12.1 Å². The van der Waals surface area contributed by atoms with Gasteiger partial charge in [-0.3, -0.25) is 14.9 Å². The highest BCUT2D eigenvalue weighted by Crippen LogP contribution is 2.28. The highest BCUT2D eigenvalue weighted by Gasteiger charge is 2.18. The van der Waals surface area contributed by atoms with Crippen LogP contribution in [-0.4, -0.2) is 30.5 Å². The molecule has 1 amide bonds. The standard InChI is InChI=1S/C20H25N3O4/c1-4-22(5-2)14-15-7-10-17(11-8-15)21-20(24)16-9-12-19(27-6-3)18(13-16)23(25)26/h7-13H,4-6,14H2,1-3H3,(H,21,24)/p+1. The number of nitrogens with one attached hydrogen (secondary N) is 2. The van der Waals surface area contributed by atoms with Crippen molar-refractivity contribution in [2.24, 2.45) is 0 Å². The van der Waals surface area contributed by atoms with E-state index in [9.17, 15) is 14.9 Å². The van der Waals surface area contributed by atoms with Gasteiger partial charge in [0.2, 0.25) is 0 Å². The van der Waals surface area contributed by atoms with Crippen LogP contribution in [0.25, 0.3) is 0 Å². The number of rotatable bonds is 9. The van der Waals surface area contributed by atoms with E-state index in [0.29, 0.717) is 12.3 Å². The van der Waals surface area contributed by atoms with Crippen molar-refractivity contribution < 1.29 is 19.4 Å². The molecule has 0 bridgehead atoms.